The second-order valence-corrected chi connectivity index (χ2v) is 3.48. The van der Waals surface area contributed by atoms with Crippen LogP contribution in [0.1, 0.15) is 10.4 Å². The van der Waals surface area contributed by atoms with E-state index in [2.05, 4.69) is 10.3 Å². The molecule has 0 aliphatic heterocycles. The third-order valence-corrected chi connectivity index (χ3v) is 2.17. The first-order valence-electron chi connectivity index (χ1n) is 5.00. The number of nitrogen functional groups attached to an aromatic ring is 1. The van der Waals surface area contributed by atoms with Crippen LogP contribution in [0.15, 0.2) is 42.5 Å². The van der Waals surface area contributed by atoms with Crippen molar-refractivity contribution in [1.29, 1.82) is 0 Å². The summed E-state index contributed by atoms with van der Waals surface area (Å²) in [6.07, 6.45) is 0. The lowest BCUT2D eigenvalue weighted by molar-refractivity contribution is -0.342. The van der Waals surface area contributed by atoms with Crippen LogP contribution in [-0.2, 0) is 0 Å². The number of hydrogen-bond acceptors (Lipinski definition) is 2. The lowest BCUT2D eigenvalue weighted by atomic mass is 10.2. The Kier molecular flexibility index (Phi) is 4.62. The van der Waals surface area contributed by atoms with Gasteiger partial charge >= 0.3 is 5.91 Å². The molecule has 0 fully saturated rings. The molecule has 4 nitrogen and oxygen atoms in total. The van der Waals surface area contributed by atoms with E-state index in [4.69, 9.17) is 5.73 Å². The number of hydrogen-bond donors (Lipinski definition) is 2. The van der Waals surface area contributed by atoms with Gasteiger partial charge in [0.2, 0.25) is 11.6 Å². The molecule has 4 N–H and O–H groups in total. The minimum Gasteiger partial charge on any atom is -1.00 e. The number of aromatic nitrogens is 1. The standard InChI is InChI=1S/C12H10FN3O.ClH/c13-9-6-4-8(5-7-9)12(17)16-11-3-1-2-10(14)15-11;/h1-7H,(H3,14,15,16,17);1H. The van der Waals surface area contributed by atoms with Gasteiger partial charge in [-0.1, -0.05) is 0 Å². The van der Waals surface area contributed by atoms with E-state index in [9.17, 15) is 9.18 Å². The lowest BCUT2D eigenvalue weighted by Gasteiger charge is -2.00. The molecule has 0 radical (unpaired) electrons. The zero-order valence-electron chi connectivity index (χ0n) is 9.28. The summed E-state index contributed by atoms with van der Waals surface area (Å²) in [6, 6.07) is 10.4. The van der Waals surface area contributed by atoms with Gasteiger partial charge in [0.05, 0.1) is 5.56 Å². The minimum atomic E-state index is -0.378. The lowest BCUT2D eigenvalue weighted by Crippen LogP contribution is -3.00. The van der Waals surface area contributed by atoms with Crippen molar-refractivity contribution < 1.29 is 26.6 Å². The summed E-state index contributed by atoms with van der Waals surface area (Å²) in [7, 11) is 0. The van der Waals surface area contributed by atoms with E-state index in [1.54, 1.807) is 18.2 Å². The Morgan fingerprint density at radius 2 is 1.83 bits per heavy atom. The maximum absolute atomic E-state index is 12.7. The van der Waals surface area contributed by atoms with Gasteiger partial charge in [0.1, 0.15) is 5.82 Å². The second kappa shape index (κ2) is 5.97. The zero-order valence-corrected chi connectivity index (χ0v) is 10.0. The molecule has 0 atom stereocenters. The van der Waals surface area contributed by atoms with Crippen LogP contribution in [0.3, 0.4) is 0 Å². The van der Waals surface area contributed by atoms with E-state index in [0.717, 1.165) is 0 Å². The first kappa shape index (κ1) is 13.9. The van der Waals surface area contributed by atoms with E-state index in [0.29, 0.717) is 17.2 Å². The van der Waals surface area contributed by atoms with Gasteiger partial charge < -0.3 is 18.1 Å². The first-order valence-corrected chi connectivity index (χ1v) is 5.00. The highest BCUT2D eigenvalue weighted by molar-refractivity contribution is 6.03. The Labute approximate surface area is 109 Å². The highest BCUT2D eigenvalue weighted by atomic mass is 35.5. The molecule has 0 saturated heterocycles. The summed E-state index contributed by atoms with van der Waals surface area (Å²) in [4.78, 5) is 14.5. The third-order valence-electron chi connectivity index (χ3n) is 2.17. The monoisotopic (exact) mass is 267 g/mol. The van der Waals surface area contributed by atoms with E-state index >= 15 is 0 Å². The van der Waals surface area contributed by atoms with Crippen molar-refractivity contribution in [2.24, 2.45) is 0 Å². The van der Waals surface area contributed by atoms with E-state index in [-0.39, 0.29) is 24.1 Å². The predicted molar refractivity (Wildman–Crippen MR) is 61.8 cm³/mol. The molecule has 1 heterocycles. The average Bonchev–Trinajstić information content (AvgIpc) is 2.29. The second-order valence-electron chi connectivity index (χ2n) is 3.48. The number of rotatable bonds is 2. The van der Waals surface area contributed by atoms with E-state index < -0.39 is 0 Å². The Morgan fingerprint density at radius 3 is 2.44 bits per heavy atom. The summed E-state index contributed by atoms with van der Waals surface area (Å²) in [5.74, 6) is 0.227. The van der Waals surface area contributed by atoms with Crippen molar-refractivity contribution in [2.75, 3.05) is 11.1 Å². The molecule has 0 aliphatic rings. The molecule has 0 bridgehead atoms. The quantitative estimate of drug-likeness (QED) is 0.694. The number of H-pyrrole nitrogens is 1. The smallest absolute Gasteiger partial charge is 0.311 e. The molecular weight excluding hydrogens is 257 g/mol. The SMILES string of the molecule is Nc1cccc(NC(=O)c2ccc(F)cc2)[nH+]1.[Cl-]. The summed E-state index contributed by atoms with van der Waals surface area (Å²) in [5.41, 5.74) is 5.91. The summed E-state index contributed by atoms with van der Waals surface area (Å²) in [5, 5.41) is 2.62. The van der Waals surface area contributed by atoms with Crippen LogP contribution in [0.2, 0.25) is 0 Å². The Hall–Kier alpha value is -2.14. The Bertz CT molecular complexity index is 545. The number of pyridine rings is 1. The topological polar surface area (TPSA) is 69.3 Å². The summed E-state index contributed by atoms with van der Waals surface area (Å²) in [6.45, 7) is 0. The van der Waals surface area contributed by atoms with Crippen molar-refractivity contribution in [3.63, 3.8) is 0 Å². The molecule has 0 aliphatic carbocycles. The van der Waals surface area contributed by atoms with Gasteiger partial charge in [0, 0.05) is 12.1 Å². The number of anilines is 2. The number of nitrogens with one attached hydrogen (secondary N) is 2. The van der Waals surface area contributed by atoms with Crippen LogP contribution in [0.5, 0.6) is 0 Å². The Morgan fingerprint density at radius 1 is 1.17 bits per heavy atom. The molecule has 1 aromatic heterocycles. The van der Waals surface area contributed by atoms with Crippen molar-refractivity contribution in [2.45, 2.75) is 0 Å². The normalized spacial score (nSPS) is 9.39. The van der Waals surface area contributed by atoms with Gasteiger partial charge in [-0.05, 0) is 30.3 Å². The van der Waals surface area contributed by atoms with Gasteiger partial charge in [0.25, 0.3) is 0 Å². The predicted octanol–water partition coefficient (Wildman–Crippen LogP) is -1.52. The highest BCUT2D eigenvalue weighted by Crippen LogP contribution is 2.06. The molecule has 0 spiro atoms. The van der Waals surface area contributed by atoms with E-state index in [1.165, 1.54) is 24.3 Å². The number of carbonyl (C=O) groups excluding carboxylic acids is 1. The molecular formula is C12H11ClFN3O. The van der Waals surface area contributed by atoms with Crippen LogP contribution in [-0.4, -0.2) is 5.91 Å². The zero-order chi connectivity index (χ0) is 12.3. The molecule has 2 aromatic rings. The molecule has 1 aromatic carbocycles. The number of amides is 1. The Balaban J connectivity index is 0.00000162. The van der Waals surface area contributed by atoms with Crippen LogP contribution < -0.4 is 28.4 Å². The summed E-state index contributed by atoms with van der Waals surface area (Å²) >= 11 is 0. The number of halogens is 2. The van der Waals surface area contributed by atoms with E-state index in [1.807, 2.05) is 0 Å². The van der Waals surface area contributed by atoms with Gasteiger partial charge in [-0.25, -0.2) is 14.7 Å². The maximum Gasteiger partial charge on any atom is 0.311 e. The van der Waals surface area contributed by atoms with Crippen molar-refractivity contribution in [3.05, 3.63) is 53.8 Å². The molecule has 0 unspecified atom stereocenters. The number of nitrogens with two attached hydrogens (primary N) is 1. The van der Waals surface area contributed by atoms with Gasteiger partial charge in [-0.3, -0.25) is 4.79 Å². The van der Waals surface area contributed by atoms with Gasteiger partial charge in [-0.2, -0.15) is 0 Å². The van der Waals surface area contributed by atoms with Crippen molar-refractivity contribution in [3.8, 4) is 0 Å². The number of aromatic amines is 1. The molecule has 0 saturated carbocycles. The van der Waals surface area contributed by atoms with Crippen LogP contribution >= 0.6 is 0 Å². The maximum atomic E-state index is 12.7. The molecule has 6 heteroatoms. The van der Waals surface area contributed by atoms with Crippen molar-refractivity contribution in [1.82, 2.24) is 0 Å². The van der Waals surface area contributed by atoms with Crippen molar-refractivity contribution >= 4 is 17.5 Å². The highest BCUT2D eigenvalue weighted by Gasteiger charge is 2.10. The van der Waals surface area contributed by atoms with Crippen LogP contribution in [0, 0.1) is 5.82 Å². The molecule has 2 rings (SSSR count). The molecule has 1 amide bonds. The molecule has 18 heavy (non-hydrogen) atoms. The fourth-order valence-electron chi connectivity index (χ4n) is 1.36. The third kappa shape index (κ3) is 3.43. The fraction of sp³-hybridized carbons (Fsp3) is 0. The first-order chi connectivity index (χ1) is 8.15. The summed E-state index contributed by atoms with van der Waals surface area (Å²) < 4.78 is 12.7. The number of benzene rings is 1. The minimum absolute atomic E-state index is 0. The fourth-order valence-corrected chi connectivity index (χ4v) is 1.36. The van der Waals surface area contributed by atoms with Crippen LogP contribution in [0.25, 0.3) is 0 Å². The largest absolute Gasteiger partial charge is 1.00 e. The average molecular weight is 268 g/mol. The molecule has 94 valence electrons. The number of carbonyl (C=O) groups is 1. The van der Waals surface area contributed by atoms with Crippen LogP contribution in [0.4, 0.5) is 16.0 Å². The van der Waals surface area contributed by atoms with Gasteiger partial charge in [-0.15, -0.1) is 0 Å². The van der Waals surface area contributed by atoms with Gasteiger partial charge in [0.15, 0.2) is 0 Å².